The van der Waals surface area contributed by atoms with Crippen molar-refractivity contribution in [2.45, 2.75) is 445 Å². The van der Waals surface area contributed by atoms with E-state index in [0.717, 1.165) is 102 Å². The molecule has 19 heteroatoms. The van der Waals surface area contributed by atoms with Crippen LogP contribution in [0.25, 0.3) is 0 Å². The molecule has 0 rings (SSSR count). The van der Waals surface area contributed by atoms with Crippen LogP contribution < -0.4 is 0 Å². The quantitative estimate of drug-likeness (QED) is 0.0222. The number of rotatable bonds is 80. The van der Waals surface area contributed by atoms with Crippen LogP contribution in [0.15, 0.2) is 0 Å². The predicted molar refractivity (Wildman–Crippen MR) is 409 cm³/mol. The molecule has 17 nitrogen and oxygen atoms in total. The van der Waals surface area contributed by atoms with Gasteiger partial charge in [0.1, 0.15) is 19.3 Å². The number of carbonyl (C=O) groups excluding carboxylic acids is 4. The molecule has 0 aromatic rings. The van der Waals surface area contributed by atoms with Gasteiger partial charge in [0.25, 0.3) is 0 Å². The van der Waals surface area contributed by atoms with Gasteiger partial charge in [0, 0.05) is 25.7 Å². The summed E-state index contributed by atoms with van der Waals surface area (Å²) >= 11 is 0. The van der Waals surface area contributed by atoms with E-state index in [9.17, 15) is 43.2 Å². The van der Waals surface area contributed by atoms with Crippen LogP contribution in [0.3, 0.4) is 0 Å². The molecule has 0 heterocycles. The van der Waals surface area contributed by atoms with Crippen molar-refractivity contribution in [2.75, 3.05) is 39.6 Å². The average Bonchev–Trinajstić information content (AvgIpc) is 0.932. The Morgan fingerprint density at radius 3 is 0.760 bits per heavy atom. The molecular weight excluding hydrogens is 1310 g/mol. The summed E-state index contributed by atoms with van der Waals surface area (Å²) in [6.45, 7) is 9.64. The molecule has 0 aromatic carbocycles. The second-order valence-corrected chi connectivity index (χ2v) is 32.8. The zero-order valence-electron chi connectivity index (χ0n) is 65.5. The number of esters is 4. The minimum absolute atomic E-state index is 0.105. The van der Waals surface area contributed by atoms with Crippen LogP contribution in [-0.4, -0.2) is 96.7 Å². The lowest BCUT2D eigenvalue weighted by molar-refractivity contribution is -0.161. The van der Waals surface area contributed by atoms with E-state index in [1.54, 1.807) is 0 Å². The van der Waals surface area contributed by atoms with Crippen LogP contribution in [0.2, 0.25) is 0 Å². The lowest BCUT2D eigenvalue weighted by atomic mass is 9.99. The van der Waals surface area contributed by atoms with Gasteiger partial charge in [0.15, 0.2) is 12.2 Å². The van der Waals surface area contributed by atoms with Gasteiger partial charge in [0.2, 0.25) is 0 Å². The molecule has 3 unspecified atom stereocenters. The number of unbranched alkanes of at least 4 members (excludes halogenated alkanes) is 49. The van der Waals surface area contributed by atoms with Gasteiger partial charge in [-0.1, -0.05) is 375 Å². The van der Waals surface area contributed by atoms with Crippen LogP contribution in [0.4, 0.5) is 0 Å². The van der Waals surface area contributed by atoms with Crippen molar-refractivity contribution in [2.24, 2.45) is 11.8 Å². The Morgan fingerprint density at radius 2 is 0.510 bits per heavy atom. The zero-order valence-corrected chi connectivity index (χ0v) is 67.3. The van der Waals surface area contributed by atoms with Crippen LogP contribution in [0.1, 0.15) is 427 Å². The maximum absolute atomic E-state index is 13.1. The summed E-state index contributed by atoms with van der Waals surface area (Å²) in [5, 5.41) is 10.6. The van der Waals surface area contributed by atoms with Crippen molar-refractivity contribution >= 4 is 39.5 Å². The van der Waals surface area contributed by atoms with Crippen molar-refractivity contribution in [3.63, 3.8) is 0 Å². The Bertz CT molecular complexity index is 1930. The highest BCUT2D eigenvalue weighted by Crippen LogP contribution is 2.45. The van der Waals surface area contributed by atoms with Crippen molar-refractivity contribution < 1.29 is 80.2 Å². The third kappa shape index (κ3) is 73.0. The highest BCUT2D eigenvalue weighted by Gasteiger charge is 2.30. The summed E-state index contributed by atoms with van der Waals surface area (Å²) in [7, 11) is -9.92. The standard InChI is InChI=1S/C81H158O17P2/c1-7-10-12-14-16-18-20-21-22-23-24-25-26-27-32-36-40-47-53-59-65-80(85)97-76(69-92-79(84)64-58-52-46-39-35-31-29-28-30-34-37-44-50-56-62-74(6)9-3)71-95-99(87,88)93-67-75(82)68-94-100(89,90)96-72-77(98-81(86)66-60-54-48-42-41-43-49-55-61-73(4)5)70-91-78(83)63-57-51-45-38-33-19-17-15-13-11-8-2/h73-77,82H,7-72H2,1-6H3,(H,87,88)(H,89,90)/t74?,75-,76-,77-/m1/s1. The van der Waals surface area contributed by atoms with Gasteiger partial charge in [-0.25, -0.2) is 9.13 Å². The van der Waals surface area contributed by atoms with Gasteiger partial charge in [-0.3, -0.25) is 37.3 Å². The first-order chi connectivity index (χ1) is 48.4. The molecule has 0 saturated heterocycles. The normalized spacial score (nSPS) is 14.2. The molecule has 6 atom stereocenters. The molecule has 0 aromatic heterocycles. The van der Waals surface area contributed by atoms with E-state index in [-0.39, 0.29) is 25.7 Å². The van der Waals surface area contributed by atoms with Crippen LogP contribution in [-0.2, 0) is 65.4 Å². The van der Waals surface area contributed by atoms with Crippen molar-refractivity contribution in [1.82, 2.24) is 0 Å². The maximum atomic E-state index is 13.1. The lowest BCUT2D eigenvalue weighted by Gasteiger charge is -2.21. The third-order valence-electron chi connectivity index (χ3n) is 19.3. The number of hydrogen-bond donors (Lipinski definition) is 3. The van der Waals surface area contributed by atoms with E-state index >= 15 is 0 Å². The molecule has 0 bridgehead atoms. The Morgan fingerprint density at radius 1 is 0.290 bits per heavy atom. The van der Waals surface area contributed by atoms with Gasteiger partial charge < -0.3 is 33.8 Å². The highest BCUT2D eigenvalue weighted by molar-refractivity contribution is 7.47. The first-order valence-corrected chi connectivity index (χ1v) is 45.0. The molecule has 0 radical (unpaired) electrons. The fourth-order valence-electron chi connectivity index (χ4n) is 12.5. The number of hydrogen-bond acceptors (Lipinski definition) is 15. The highest BCUT2D eigenvalue weighted by atomic mass is 31.2. The minimum atomic E-state index is -4.96. The summed E-state index contributed by atoms with van der Waals surface area (Å²) in [5.74, 6) is -0.542. The summed E-state index contributed by atoms with van der Waals surface area (Å²) in [6.07, 6.45) is 62.5. The summed E-state index contributed by atoms with van der Waals surface area (Å²) in [5.41, 5.74) is 0. The fourth-order valence-corrected chi connectivity index (χ4v) is 14.1. The summed E-state index contributed by atoms with van der Waals surface area (Å²) < 4.78 is 68.7. The molecule has 0 spiro atoms. The largest absolute Gasteiger partial charge is 0.472 e. The first-order valence-electron chi connectivity index (χ1n) is 42.0. The molecule has 0 aliphatic carbocycles. The maximum Gasteiger partial charge on any atom is 0.472 e. The van der Waals surface area contributed by atoms with E-state index in [1.807, 2.05) is 0 Å². The predicted octanol–water partition coefficient (Wildman–Crippen LogP) is 24.3. The monoisotopic (exact) mass is 1470 g/mol. The van der Waals surface area contributed by atoms with Crippen molar-refractivity contribution in [3.05, 3.63) is 0 Å². The van der Waals surface area contributed by atoms with E-state index in [4.69, 9.17) is 37.0 Å². The Balaban J connectivity index is 5.22. The van der Waals surface area contributed by atoms with E-state index in [0.29, 0.717) is 25.7 Å². The van der Waals surface area contributed by atoms with Crippen LogP contribution >= 0.6 is 15.6 Å². The van der Waals surface area contributed by atoms with E-state index in [2.05, 4.69) is 41.5 Å². The summed E-state index contributed by atoms with van der Waals surface area (Å²) in [4.78, 5) is 73.0. The van der Waals surface area contributed by atoms with Crippen LogP contribution in [0, 0.1) is 11.8 Å². The lowest BCUT2D eigenvalue weighted by Crippen LogP contribution is -2.30. The van der Waals surface area contributed by atoms with Gasteiger partial charge in [-0.2, -0.15) is 0 Å². The number of aliphatic hydroxyl groups is 1. The number of aliphatic hydroxyl groups excluding tert-OH is 1. The molecule has 3 N–H and O–H groups in total. The minimum Gasteiger partial charge on any atom is -0.462 e. The molecule has 0 aliphatic rings. The topological polar surface area (TPSA) is 237 Å². The molecule has 100 heavy (non-hydrogen) atoms. The van der Waals surface area contributed by atoms with E-state index in [1.165, 1.54) is 244 Å². The second-order valence-electron chi connectivity index (χ2n) is 29.9. The Kier molecular flexibility index (Phi) is 71.2. The molecule has 0 amide bonds. The van der Waals surface area contributed by atoms with Gasteiger partial charge in [-0.05, 0) is 37.5 Å². The number of phosphoric acid groups is 2. The SMILES string of the molecule is CCCCCCCCCCCCCCCCCCCCCCC(=O)O[C@H](COC(=O)CCCCCCCCCCCCCCCCC(C)CC)COP(=O)(O)OC[C@@H](O)COP(=O)(O)OC[C@@H](COC(=O)CCCCCCCCCCCCC)OC(=O)CCCCCCCCCCC(C)C. The van der Waals surface area contributed by atoms with Crippen molar-refractivity contribution in [3.8, 4) is 0 Å². The second kappa shape index (κ2) is 72.6. The van der Waals surface area contributed by atoms with Crippen molar-refractivity contribution in [1.29, 1.82) is 0 Å². The number of phosphoric ester groups is 2. The van der Waals surface area contributed by atoms with Crippen LogP contribution in [0.5, 0.6) is 0 Å². The molecule has 0 saturated carbocycles. The molecule has 0 aliphatic heterocycles. The molecule has 594 valence electrons. The number of ether oxygens (including phenoxy) is 4. The zero-order chi connectivity index (χ0) is 73.5. The third-order valence-corrected chi connectivity index (χ3v) is 21.2. The van der Waals surface area contributed by atoms with Gasteiger partial charge in [-0.15, -0.1) is 0 Å². The first kappa shape index (κ1) is 98.1. The van der Waals surface area contributed by atoms with Gasteiger partial charge in [0.05, 0.1) is 26.4 Å². The Labute approximate surface area is 613 Å². The van der Waals surface area contributed by atoms with Gasteiger partial charge >= 0.3 is 39.5 Å². The smallest absolute Gasteiger partial charge is 0.462 e. The molecular formula is C81H158O17P2. The average molecular weight is 1470 g/mol. The van der Waals surface area contributed by atoms with E-state index < -0.39 is 97.5 Å². The fraction of sp³-hybridized carbons (Fsp3) is 0.951. The molecule has 0 fully saturated rings. The Hall–Kier alpha value is -1.94. The summed E-state index contributed by atoms with van der Waals surface area (Å²) in [6, 6.07) is 0. The number of carbonyl (C=O) groups is 4.